The Bertz CT molecular complexity index is 560. The number of pyridine rings is 1. The van der Waals surface area contributed by atoms with Crippen molar-refractivity contribution in [1.29, 1.82) is 0 Å². The number of hydrogen-bond acceptors (Lipinski definition) is 3. The predicted octanol–water partition coefficient (Wildman–Crippen LogP) is 3.91. The van der Waals surface area contributed by atoms with Crippen molar-refractivity contribution >= 4 is 15.9 Å². The summed E-state index contributed by atoms with van der Waals surface area (Å²) in [7, 11) is 0. The minimum Gasteiger partial charge on any atom is -0.494 e. The SMILES string of the molecule is CCCOc1cccc(C(O)Cc2cncc(Br)c2)c1. The van der Waals surface area contributed by atoms with Gasteiger partial charge in [-0.15, -0.1) is 0 Å². The maximum atomic E-state index is 10.3. The number of benzene rings is 1. The Hall–Kier alpha value is -1.39. The largest absolute Gasteiger partial charge is 0.494 e. The van der Waals surface area contributed by atoms with E-state index in [0.29, 0.717) is 13.0 Å². The van der Waals surface area contributed by atoms with Crippen LogP contribution in [0.25, 0.3) is 0 Å². The Labute approximate surface area is 127 Å². The predicted molar refractivity (Wildman–Crippen MR) is 82.8 cm³/mol. The van der Waals surface area contributed by atoms with E-state index in [0.717, 1.165) is 27.8 Å². The average molecular weight is 336 g/mol. The van der Waals surface area contributed by atoms with Crippen LogP contribution in [0.1, 0.15) is 30.6 Å². The summed E-state index contributed by atoms with van der Waals surface area (Å²) in [6, 6.07) is 9.59. The number of halogens is 1. The summed E-state index contributed by atoms with van der Waals surface area (Å²) in [4.78, 5) is 4.11. The first-order chi connectivity index (χ1) is 9.69. The summed E-state index contributed by atoms with van der Waals surface area (Å²) in [6.07, 6.45) is 4.44. The molecule has 4 heteroatoms. The number of aliphatic hydroxyl groups excluding tert-OH is 1. The zero-order valence-electron chi connectivity index (χ0n) is 11.4. The van der Waals surface area contributed by atoms with Gasteiger partial charge < -0.3 is 9.84 Å². The fourth-order valence-electron chi connectivity index (χ4n) is 1.94. The summed E-state index contributed by atoms with van der Waals surface area (Å²) >= 11 is 3.38. The molecule has 0 spiro atoms. The molecule has 0 saturated heterocycles. The van der Waals surface area contributed by atoms with Crippen LogP contribution in [0.5, 0.6) is 5.75 Å². The summed E-state index contributed by atoms with van der Waals surface area (Å²) in [5.74, 6) is 0.802. The Balaban J connectivity index is 2.06. The van der Waals surface area contributed by atoms with Crippen LogP contribution in [0, 0.1) is 0 Å². The first-order valence-electron chi connectivity index (χ1n) is 6.69. The fraction of sp³-hybridized carbons (Fsp3) is 0.312. The molecule has 2 aromatic rings. The third-order valence-corrected chi connectivity index (χ3v) is 3.34. The van der Waals surface area contributed by atoms with Crippen LogP contribution in [-0.4, -0.2) is 16.7 Å². The van der Waals surface area contributed by atoms with Gasteiger partial charge in [0.15, 0.2) is 0 Å². The lowest BCUT2D eigenvalue weighted by Crippen LogP contribution is -2.03. The summed E-state index contributed by atoms with van der Waals surface area (Å²) in [5, 5.41) is 10.3. The minimum atomic E-state index is -0.559. The fourth-order valence-corrected chi connectivity index (χ4v) is 2.35. The van der Waals surface area contributed by atoms with Crippen molar-refractivity contribution in [3.8, 4) is 5.75 Å². The number of hydrogen-bond donors (Lipinski definition) is 1. The third kappa shape index (κ3) is 4.32. The molecule has 106 valence electrons. The molecule has 1 aromatic heterocycles. The van der Waals surface area contributed by atoms with Crippen molar-refractivity contribution < 1.29 is 9.84 Å². The van der Waals surface area contributed by atoms with Gasteiger partial charge >= 0.3 is 0 Å². The lowest BCUT2D eigenvalue weighted by molar-refractivity contribution is 0.177. The van der Waals surface area contributed by atoms with Crippen LogP contribution in [0.2, 0.25) is 0 Å². The van der Waals surface area contributed by atoms with E-state index >= 15 is 0 Å². The molecule has 0 aliphatic heterocycles. The van der Waals surface area contributed by atoms with Crippen LogP contribution < -0.4 is 4.74 Å². The summed E-state index contributed by atoms with van der Waals surface area (Å²) in [6.45, 7) is 2.76. The van der Waals surface area contributed by atoms with Gasteiger partial charge in [-0.1, -0.05) is 19.1 Å². The van der Waals surface area contributed by atoms with Crippen molar-refractivity contribution in [3.63, 3.8) is 0 Å². The topological polar surface area (TPSA) is 42.4 Å². The highest BCUT2D eigenvalue weighted by Gasteiger charge is 2.10. The molecule has 0 radical (unpaired) electrons. The highest BCUT2D eigenvalue weighted by molar-refractivity contribution is 9.10. The van der Waals surface area contributed by atoms with Crippen LogP contribution in [-0.2, 0) is 6.42 Å². The van der Waals surface area contributed by atoms with E-state index in [4.69, 9.17) is 4.74 Å². The van der Waals surface area contributed by atoms with Gasteiger partial charge in [0.05, 0.1) is 12.7 Å². The molecule has 1 unspecified atom stereocenters. The second kappa shape index (κ2) is 7.41. The maximum absolute atomic E-state index is 10.3. The van der Waals surface area contributed by atoms with Gasteiger partial charge in [-0.2, -0.15) is 0 Å². The molecule has 0 aliphatic carbocycles. The van der Waals surface area contributed by atoms with Crippen LogP contribution in [0.4, 0.5) is 0 Å². The molecular weight excluding hydrogens is 318 g/mol. The smallest absolute Gasteiger partial charge is 0.119 e. The monoisotopic (exact) mass is 335 g/mol. The van der Waals surface area contributed by atoms with Crippen molar-refractivity contribution in [2.45, 2.75) is 25.9 Å². The van der Waals surface area contributed by atoms with E-state index in [1.807, 2.05) is 30.3 Å². The van der Waals surface area contributed by atoms with Gasteiger partial charge in [0.2, 0.25) is 0 Å². The highest BCUT2D eigenvalue weighted by Crippen LogP contribution is 2.23. The molecule has 1 atom stereocenters. The van der Waals surface area contributed by atoms with Gasteiger partial charge in [-0.25, -0.2) is 0 Å². The third-order valence-electron chi connectivity index (χ3n) is 2.91. The quantitative estimate of drug-likeness (QED) is 0.870. The van der Waals surface area contributed by atoms with Crippen molar-refractivity contribution in [3.05, 3.63) is 58.3 Å². The summed E-state index contributed by atoms with van der Waals surface area (Å²) in [5.41, 5.74) is 1.85. The second-order valence-electron chi connectivity index (χ2n) is 4.65. The molecule has 0 amide bonds. The van der Waals surface area contributed by atoms with Gasteiger partial charge in [0, 0.05) is 23.3 Å². The molecular formula is C16H18BrNO2. The molecule has 0 aliphatic rings. The Morgan fingerprint density at radius 1 is 1.30 bits per heavy atom. The zero-order chi connectivity index (χ0) is 14.4. The van der Waals surface area contributed by atoms with Crippen molar-refractivity contribution in [2.24, 2.45) is 0 Å². The molecule has 2 rings (SSSR count). The molecule has 1 N–H and O–H groups in total. The van der Waals surface area contributed by atoms with Crippen molar-refractivity contribution in [1.82, 2.24) is 4.98 Å². The van der Waals surface area contributed by atoms with Crippen LogP contribution >= 0.6 is 15.9 Å². The molecule has 0 saturated carbocycles. The van der Waals surface area contributed by atoms with E-state index < -0.39 is 6.10 Å². The first kappa shape index (κ1) is 15.0. The summed E-state index contributed by atoms with van der Waals surface area (Å²) < 4.78 is 6.50. The van der Waals surface area contributed by atoms with E-state index in [-0.39, 0.29) is 0 Å². The van der Waals surface area contributed by atoms with Gasteiger partial charge in [0.25, 0.3) is 0 Å². The van der Waals surface area contributed by atoms with E-state index in [1.165, 1.54) is 0 Å². The molecule has 20 heavy (non-hydrogen) atoms. The van der Waals surface area contributed by atoms with Crippen molar-refractivity contribution in [2.75, 3.05) is 6.61 Å². The number of nitrogens with zero attached hydrogens (tertiary/aromatic N) is 1. The number of aliphatic hydroxyl groups is 1. The van der Waals surface area contributed by atoms with Gasteiger partial charge in [-0.05, 0) is 51.7 Å². The average Bonchev–Trinajstić information content (AvgIpc) is 2.45. The lowest BCUT2D eigenvalue weighted by atomic mass is 10.0. The standard InChI is InChI=1S/C16H18BrNO2/c1-2-6-20-15-5-3-4-13(9-15)16(19)8-12-7-14(17)11-18-10-12/h3-5,7,9-11,16,19H,2,6,8H2,1H3. The minimum absolute atomic E-state index is 0.531. The lowest BCUT2D eigenvalue weighted by Gasteiger charge is -2.13. The number of rotatable bonds is 6. The Morgan fingerprint density at radius 3 is 2.90 bits per heavy atom. The van der Waals surface area contributed by atoms with Gasteiger partial charge in [0.1, 0.15) is 5.75 Å². The maximum Gasteiger partial charge on any atom is 0.119 e. The molecule has 3 nitrogen and oxygen atoms in total. The Kier molecular flexibility index (Phi) is 5.56. The van der Waals surface area contributed by atoms with E-state index in [1.54, 1.807) is 12.4 Å². The highest BCUT2D eigenvalue weighted by atomic mass is 79.9. The zero-order valence-corrected chi connectivity index (χ0v) is 13.0. The Morgan fingerprint density at radius 2 is 2.15 bits per heavy atom. The molecule has 0 fully saturated rings. The second-order valence-corrected chi connectivity index (χ2v) is 5.57. The molecule has 1 aromatic carbocycles. The van der Waals surface area contributed by atoms with Crippen LogP contribution in [0.15, 0.2) is 47.2 Å². The number of ether oxygens (including phenoxy) is 1. The van der Waals surface area contributed by atoms with E-state index in [2.05, 4.69) is 27.8 Å². The first-order valence-corrected chi connectivity index (χ1v) is 7.48. The molecule has 0 bridgehead atoms. The van der Waals surface area contributed by atoms with Gasteiger partial charge in [-0.3, -0.25) is 4.98 Å². The van der Waals surface area contributed by atoms with E-state index in [9.17, 15) is 5.11 Å². The molecule has 1 heterocycles. The normalized spacial score (nSPS) is 12.2. The number of aromatic nitrogens is 1. The van der Waals surface area contributed by atoms with Crippen LogP contribution in [0.3, 0.4) is 0 Å².